The molecule has 0 spiro atoms. The molecule has 1 fully saturated rings. The maximum atomic E-state index is 13.3. The highest BCUT2D eigenvalue weighted by molar-refractivity contribution is 7.89. The molecule has 1 heterocycles. The second kappa shape index (κ2) is 13.5. The van der Waals surface area contributed by atoms with Gasteiger partial charge in [0.25, 0.3) is 0 Å². The lowest BCUT2D eigenvalue weighted by Crippen LogP contribution is -2.51. The van der Waals surface area contributed by atoms with E-state index in [1.807, 2.05) is 6.92 Å². The molecule has 3 aromatic rings. The maximum Gasteiger partial charge on any atom is 0.328 e. The standard InChI is InChI=1S/C30H34N4O7S/c1-20-9-15-25(16-10-20)42(38,39)34-17-5-8-27(34)28(35)33-26(29(36)41-3)18-21-11-13-22(14-12-21)31-30(37)32-23-6-4-7-24(19-23)40-2/h4,6-7,9-16,19,26-27H,5,8,17-18H2,1-3H3,(H,33,35)(H2,31,32,37)/t26-,27-/m0/s1. The molecule has 11 nitrogen and oxygen atoms in total. The number of aryl methyl sites for hydroxylation is 1. The Kier molecular flexibility index (Phi) is 9.81. The van der Waals surface area contributed by atoms with Gasteiger partial charge in [0, 0.05) is 30.4 Å². The van der Waals surface area contributed by atoms with Crippen molar-refractivity contribution in [3.05, 3.63) is 83.9 Å². The summed E-state index contributed by atoms with van der Waals surface area (Å²) in [6.45, 7) is 2.07. The van der Waals surface area contributed by atoms with Gasteiger partial charge in [0.2, 0.25) is 15.9 Å². The molecule has 1 aliphatic heterocycles. The minimum Gasteiger partial charge on any atom is -0.497 e. The van der Waals surface area contributed by atoms with Crippen molar-refractivity contribution in [1.82, 2.24) is 9.62 Å². The van der Waals surface area contributed by atoms with Gasteiger partial charge >= 0.3 is 12.0 Å². The number of esters is 1. The zero-order chi connectivity index (χ0) is 30.3. The number of hydrogen-bond acceptors (Lipinski definition) is 7. The summed E-state index contributed by atoms with van der Waals surface area (Å²) in [7, 11) is -1.14. The van der Waals surface area contributed by atoms with Crippen LogP contribution in [0, 0.1) is 6.92 Å². The van der Waals surface area contributed by atoms with Gasteiger partial charge in [0.05, 0.1) is 19.1 Å². The van der Waals surface area contributed by atoms with Crippen molar-refractivity contribution in [2.75, 3.05) is 31.4 Å². The van der Waals surface area contributed by atoms with Crippen LogP contribution < -0.4 is 20.7 Å². The normalized spacial score (nSPS) is 15.8. The molecule has 1 aliphatic rings. The van der Waals surface area contributed by atoms with Crippen molar-refractivity contribution in [2.45, 2.75) is 43.2 Å². The highest BCUT2D eigenvalue weighted by atomic mass is 32.2. The second-order valence-electron chi connectivity index (χ2n) is 9.88. The molecule has 2 atom stereocenters. The molecule has 0 radical (unpaired) electrons. The van der Waals surface area contributed by atoms with Crippen LogP contribution in [0.15, 0.2) is 77.7 Å². The van der Waals surface area contributed by atoms with Crippen LogP contribution in [0.3, 0.4) is 0 Å². The topological polar surface area (TPSA) is 143 Å². The number of carbonyl (C=O) groups excluding carboxylic acids is 3. The fourth-order valence-corrected chi connectivity index (χ4v) is 6.35. The van der Waals surface area contributed by atoms with E-state index in [1.54, 1.807) is 60.7 Å². The van der Waals surface area contributed by atoms with Crippen LogP contribution in [0.4, 0.5) is 16.2 Å². The number of rotatable bonds is 10. The maximum absolute atomic E-state index is 13.3. The van der Waals surface area contributed by atoms with Gasteiger partial charge in [0.15, 0.2) is 0 Å². The number of nitrogens with zero attached hydrogens (tertiary/aromatic N) is 1. The fraction of sp³-hybridized carbons (Fsp3) is 0.300. The molecule has 42 heavy (non-hydrogen) atoms. The highest BCUT2D eigenvalue weighted by Crippen LogP contribution is 2.27. The molecule has 0 unspecified atom stereocenters. The molecule has 222 valence electrons. The summed E-state index contributed by atoms with van der Waals surface area (Å²) in [6, 6.07) is 17.7. The monoisotopic (exact) mass is 594 g/mol. The Morgan fingerprint density at radius 1 is 0.952 bits per heavy atom. The van der Waals surface area contributed by atoms with Crippen LogP contribution in [0.2, 0.25) is 0 Å². The molecule has 4 rings (SSSR count). The number of methoxy groups -OCH3 is 2. The first-order valence-corrected chi connectivity index (χ1v) is 14.8. The van der Waals surface area contributed by atoms with E-state index in [9.17, 15) is 22.8 Å². The summed E-state index contributed by atoms with van der Waals surface area (Å²) in [6.07, 6.45) is 0.959. The van der Waals surface area contributed by atoms with Gasteiger partial charge in [-0.2, -0.15) is 4.31 Å². The number of anilines is 2. The summed E-state index contributed by atoms with van der Waals surface area (Å²) in [5.74, 6) is -0.613. The molecule has 3 aromatic carbocycles. The quantitative estimate of drug-likeness (QED) is 0.304. The SMILES string of the molecule is COC(=O)[C@H](Cc1ccc(NC(=O)Nc2cccc(OC)c2)cc1)NC(=O)[C@@H]1CCCN1S(=O)(=O)c1ccc(C)cc1. The lowest BCUT2D eigenvalue weighted by Gasteiger charge is -2.25. The smallest absolute Gasteiger partial charge is 0.328 e. The number of hydrogen-bond donors (Lipinski definition) is 3. The number of urea groups is 1. The van der Waals surface area contributed by atoms with Crippen LogP contribution in [-0.2, 0) is 30.8 Å². The van der Waals surface area contributed by atoms with Crippen molar-refractivity contribution in [3.63, 3.8) is 0 Å². The summed E-state index contributed by atoms with van der Waals surface area (Å²) in [5, 5.41) is 8.15. The van der Waals surface area contributed by atoms with Gasteiger partial charge < -0.3 is 25.4 Å². The van der Waals surface area contributed by atoms with Crippen LogP contribution in [-0.4, -0.2) is 63.5 Å². The molecule has 0 aromatic heterocycles. The zero-order valence-corrected chi connectivity index (χ0v) is 24.4. The summed E-state index contributed by atoms with van der Waals surface area (Å²) >= 11 is 0. The molecule has 0 saturated carbocycles. The van der Waals surface area contributed by atoms with E-state index >= 15 is 0 Å². The minimum absolute atomic E-state index is 0.103. The average Bonchev–Trinajstić information content (AvgIpc) is 3.49. The van der Waals surface area contributed by atoms with E-state index in [4.69, 9.17) is 9.47 Å². The summed E-state index contributed by atoms with van der Waals surface area (Å²) < 4.78 is 37.8. The Hall–Kier alpha value is -4.42. The van der Waals surface area contributed by atoms with Gasteiger partial charge in [-0.15, -0.1) is 0 Å². The van der Waals surface area contributed by atoms with Crippen molar-refractivity contribution in [3.8, 4) is 5.75 Å². The van der Waals surface area contributed by atoms with Gasteiger partial charge in [-0.05, 0) is 61.7 Å². The number of ether oxygens (including phenoxy) is 2. The van der Waals surface area contributed by atoms with Gasteiger partial charge in [-0.1, -0.05) is 35.9 Å². The molecule has 0 bridgehead atoms. The first-order chi connectivity index (χ1) is 20.1. The third kappa shape index (κ3) is 7.45. The van der Waals surface area contributed by atoms with Crippen molar-refractivity contribution in [2.24, 2.45) is 0 Å². The molecule has 1 saturated heterocycles. The molecule has 0 aliphatic carbocycles. The Labute approximate surface area is 245 Å². The number of nitrogens with one attached hydrogen (secondary N) is 3. The second-order valence-corrected chi connectivity index (χ2v) is 11.8. The number of amides is 3. The van der Waals surface area contributed by atoms with E-state index in [2.05, 4.69) is 16.0 Å². The van der Waals surface area contributed by atoms with E-state index < -0.39 is 40.0 Å². The Bertz CT molecular complexity index is 1530. The predicted octanol–water partition coefficient (Wildman–Crippen LogP) is 3.70. The first kappa shape index (κ1) is 30.5. The van der Waals surface area contributed by atoms with Crippen LogP contribution in [0.25, 0.3) is 0 Å². The van der Waals surface area contributed by atoms with E-state index in [-0.39, 0.29) is 17.9 Å². The molecule has 12 heteroatoms. The van der Waals surface area contributed by atoms with Gasteiger partial charge in [-0.3, -0.25) is 4.79 Å². The lowest BCUT2D eigenvalue weighted by atomic mass is 10.0. The predicted molar refractivity (Wildman–Crippen MR) is 158 cm³/mol. The van der Waals surface area contributed by atoms with Crippen LogP contribution in [0.5, 0.6) is 5.75 Å². The average molecular weight is 595 g/mol. The van der Waals surface area contributed by atoms with E-state index in [0.29, 0.717) is 35.5 Å². The number of benzene rings is 3. The Morgan fingerprint density at radius 3 is 2.31 bits per heavy atom. The molecule has 3 N–H and O–H groups in total. The first-order valence-electron chi connectivity index (χ1n) is 13.4. The van der Waals surface area contributed by atoms with Crippen LogP contribution >= 0.6 is 0 Å². The Balaban J connectivity index is 1.39. The molecule has 3 amide bonds. The summed E-state index contributed by atoms with van der Waals surface area (Å²) in [4.78, 5) is 38.4. The van der Waals surface area contributed by atoms with E-state index in [0.717, 1.165) is 5.56 Å². The third-order valence-electron chi connectivity index (χ3n) is 6.92. The highest BCUT2D eigenvalue weighted by Gasteiger charge is 2.40. The number of carbonyl (C=O) groups is 3. The Morgan fingerprint density at radius 2 is 1.64 bits per heavy atom. The zero-order valence-electron chi connectivity index (χ0n) is 23.6. The molecular weight excluding hydrogens is 560 g/mol. The molecular formula is C30H34N4O7S. The van der Waals surface area contributed by atoms with E-state index in [1.165, 1.54) is 30.7 Å². The van der Waals surface area contributed by atoms with Gasteiger partial charge in [0.1, 0.15) is 17.8 Å². The fourth-order valence-electron chi connectivity index (χ4n) is 4.69. The van der Waals surface area contributed by atoms with Crippen molar-refractivity contribution >= 4 is 39.3 Å². The largest absolute Gasteiger partial charge is 0.497 e. The minimum atomic E-state index is -3.90. The number of sulfonamides is 1. The lowest BCUT2D eigenvalue weighted by molar-refractivity contribution is -0.145. The van der Waals surface area contributed by atoms with Crippen molar-refractivity contribution in [1.29, 1.82) is 0 Å². The van der Waals surface area contributed by atoms with Crippen molar-refractivity contribution < 1.29 is 32.3 Å². The third-order valence-corrected chi connectivity index (χ3v) is 8.84. The van der Waals surface area contributed by atoms with Gasteiger partial charge in [-0.25, -0.2) is 18.0 Å². The summed E-state index contributed by atoms with van der Waals surface area (Å²) in [5.41, 5.74) is 2.69. The van der Waals surface area contributed by atoms with Crippen LogP contribution in [0.1, 0.15) is 24.0 Å².